The lowest BCUT2D eigenvalue weighted by Gasteiger charge is -2.34. The first kappa shape index (κ1) is 28.5. The van der Waals surface area contributed by atoms with E-state index < -0.39 is 12.6 Å². The summed E-state index contributed by atoms with van der Waals surface area (Å²) < 4.78 is 13.6. The summed E-state index contributed by atoms with van der Waals surface area (Å²) in [5.74, 6) is 0.0335. The second-order valence-corrected chi connectivity index (χ2v) is 11.4. The summed E-state index contributed by atoms with van der Waals surface area (Å²) in [5.41, 5.74) is 6.85. The Kier molecular flexibility index (Phi) is 8.81. The largest absolute Gasteiger partial charge is 0.481 e. The molecule has 1 N–H and O–H groups in total. The maximum Gasteiger partial charge on any atom is 0.306 e. The lowest BCUT2D eigenvalue weighted by molar-refractivity contribution is -0.143. The van der Waals surface area contributed by atoms with Crippen molar-refractivity contribution in [3.63, 3.8) is 0 Å². The summed E-state index contributed by atoms with van der Waals surface area (Å²) in [6.07, 6.45) is 6.61. The van der Waals surface area contributed by atoms with Crippen molar-refractivity contribution in [1.29, 1.82) is 5.26 Å². The summed E-state index contributed by atoms with van der Waals surface area (Å²) in [4.78, 5) is 17.4. The molecule has 1 aromatic heterocycles. The molecular weight excluding hydrogens is 521 g/mol. The molecule has 41 heavy (non-hydrogen) atoms. The number of aromatic nitrogens is 4. The SMILES string of the molecule is CCN(C[C@H]1CC[C@H](C(=O)O)CC1)c1cc2c(cc1CN(Cc1cc(C#N)cc(CF)c1)c1nnn(C)n1)CCC2. The quantitative estimate of drug-likeness (QED) is 0.351. The molecule has 1 saturated carbocycles. The maximum absolute atomic E-state index is 13.6. The van der Waals surface area contributed by atoms with E-state index in [0.29, 0.717) is 36.1 Å². The molecule has 0 aliphatic heterocycles. The summed E-state index contributed by atoms with van der Waals surface area (Å²) in [5, 5.41) is 31.8. The van der Waals surface area contributed by atoms with Gasteiger partial charge in [-0.3, -0.25) is 4.79 Å². The Morgan fingerprint density at radius 2 is 1.80 bits per heavy atom. The zero-order valence-electron chi connectivity index (χ0n) is 23.9. The minimum atomic E-state index is -0.673. The fourth-order valence-electron chi connectivity index (χ4n) is 6.40. The van der Waals surface area contributed by atoms with E-state index in [1.165, 1.54) is 27.2 Å². The highest BCUT2D eigenvalue weighted by atomic mass is 19.1. The van der Waals surface area contributed by atoms with E-state index in [2.05, 4.69) is 45.4 Å². The number of carboxylic acid groups (broad SMARTS) is 1. The third-order valence-electron chi connectivity index (χ3n) is 8.54. The summed E-state index contributed by atoms with van der Waals surface area (Å²) in [6, 6.07) is 12.0. The highest BCUT2D eigenvalue weighted by Crippen LogP contribution is 2.35. The molecule has 10 heteroatoms. The van der Waals surface area contributed by atoms with Gasteiger partial charge in [-0.25, -0.2) is 4.39 Å². The molecule has 5 rings (SSSR count). The fraction of sp³-hybridized carbons (Fsp3) is 0.516. The lowest BCUT2D eigenvalue weighted by atomic mass is 9.81. The number of aliphatic carboxylic acids is 1. The van der Waals surface area contributed by atoms with Gasteiger partial charge < -0.3 is 14.9 Å². The van der Waals surface area contributed by atoms with Crippen molar-refractivity contribution < 1.29 is 14.3 Å². The Hall–Kier alpha value is -4.00. The Morgan fingerprint density at radius 3 is 2.44 bits per heavy atom. The molecule has 216 valence electrons. The van der Waals surface area contributed by atoms with Crippen LogP contribution < -0.4 is 9.80 Å². The number of hydrogen-bond acceptors (Lipinski definition) is 7. The number of carbonyl (C=O) groups is 1. The summed E-state index contributed by atoms with van der Waals surface area (Å²) in [7, 11) is 1.73. The van der Waals surface area contributed by atoms with Crippen molar-refractivity contribution in [3.8, 4) is 6.07 Å². The van der Waals surface area contributed by atoms with Gasteiger partial charge in [0, 0.05) is 31.9 Å². The van der Waals surface area contributed by atoms with Crippen LogP contribution in [0.15, 0.2) is 30.3 Å². The molecule has 1 heterocycles. The maximum atomic E-state index is 13.6. The number of nitriles is 1. The molecule has 0 saturated heterocycles. The number of halogens is 1. The van der Waals surface area contributed by atoms with Crippen molar-refractivity contribution in [2.75, 3.05) is 22.9 Å². The summed E-state index contributed by atoms with van der Waals surface area (Å²) >= 11 is 0. The lowest BCUT2D eigenvalue weighted by Crippen LogP contribution is -2.34. The Morgan fingerprint density at radius 1 is 1.07 bits per heavy atom. The van der Waals surface area contributed by atoms with Crippen molar-refractivity contribution >= 4 is 17.6 Å². The van der Waals surface area contributed by atoms with Gasteiger partial charge in [0.15, 0.2) is 0 Å². The van der Waals surface area contributed by atoms with Gasteiger partial charge in [0.05, 0.1) is 24.6 Å². The molecule has 2 aliphatic carbocycles. The van der Waals surface area contributed by atoms with Crippen LogP contribution in [0.3, 0.4) is 0 Å². The molecule has 3 aromatic rings. The highest BCUT2D eigenvalue weighted by molar-refractivity contribution is 5.70. The zero-order chi connectivity index (χ0) is 28.9. The molecule has 0 atom stereocenters. The third-order valence-corrected chi connectivity index (χ3v) is 8.54. The zero-order valence-corrected chi connectivity index (χ0v) is 23.9. The number of carboxylic acids is 1. The van der Waals surface area contributed by atoms with E-state index in [9.17, 15) is 19.6 Å². The standard InChI is InChI=1S/C31H38FN7O2/c1-3-38(18-21-7-9-25(10-8-21)30(40)41)29-15-27-6-4-5-26(27)14-28(29)20-39(31-34-36-37(2)35-31)19-24-12-22(16-32)11-23(13-24)17-33/h11-15,21,25H,3-10,16,18-20H2,1-2H3,(H,40,41)/t21-,25-. The molecule has 9 nitrogen and oxygen atoms in total. The minimum absolute atomic E-state index is 0.220. The molecule has 0 amide bonds. The number of alkyl halides is 1. The number of anilines is 2. The molecule has 0 bridgehead atoms. The molecule has 0 radical (unpaired) electrons. The average molecular weight is 560 g/mol. The van der Waals surface area contributed by atoms with Crippen LogP contribution in [0.4, 0.5) is 16.0 Å². The number of aryl methyl sites for hydroxylation is 3. The number of hydrogen-bond donors (Lipinski definition) is 1. The topological polar surface area (TPSA) is 111 Å². The average Bonchev–Trinajstić information content (AvgIpc) is 3.63. The van der Waals surface area contributed by atoms with E-state index in [0.717, 1.165) is 63.6 Å². The smallest absolute Gasteiger partial charge is 0.306 e. The Labute approximate surface area is 240 Å². The van der Waals surface area contributed by atoms with Crippen LogP contribution in [0.25, 0.3) is 0 Å². The van der Waals surface area contributed by atoms with Gasteiger partial charge in [-0.2, -0.15) is 10.1 Å². The van der Waals surface area contributed by atoms with Crippen LogP contribution >= 0.6 is 0 Å². The van der Waals surface area contributed by atoms with E-state index in [1.807, 2.05) is 4.90 Å². The second kappa shape index (κ2) is 12.7. The van der Waals surface area contributed by atoms with Crippen LogP contribution in [-0.4, -0.2) is 44.4 Å². The molecule has 1 fully saturated rings. The van der Waals surface area contributed by atoms with Gasteiger partial charge in [0.25, 0.3) is 5.95 Å². The van der Waals surface area contributed by atoms with Crippen LogP contribution in [0, 0.1) is 23.2 Å². The molecule has 2 aliphatic rings. The van der Waals surface area contributed by atoms with Crippen molar-refractivity contribution in [2.24, 2.45) is 18.9 Å². The van der Waals surface area contributed by atoms with Crippen LogP contribution in [0.1, 0.15) is 72.4 Å². The highest BCUT2D eigenvalue weighted by Gasteiger charge is 2.28. The van der Waals surface area contributed by atoms with Crippen molar-refractivity contribution in [1.82, 2.24) is 20.2 Å². The van der Waals surface area contributed by atoms with Crippen molar-refractivity contribution in [3.05, 3.63) is 63.7 Å². The molecule has 0 unspecified atom stereocenters. The van der Waals surface area contributed by atoms with Gasteiger partial charge >= 0.3 is 5.97 Å². The van der Waals surface area contributed by atoms with E-state index in [4.69, 9.17) is 0 Å². The number of tetrazole rings is 1. The van der Waals surface area contributed by atoms with Crippen LogP contribution in [-0.2, 0) is 44.4 Å². The first-order valence-corrected chi connectivity index (χ1v) is 14.6. The molecular formula is C31H38FN7O2. The molecule has 2 aromatic carbocycles. The minimum Gasteiger partial charge on any atom is -0.481 e. The van der Waals surface area contributed by atoms with E-state index in [1.54, 1.807) is 25.2 Å². The summed E-state index contributed by atoms with van der Waals surface area (Å²) in [6.45, 7) is 4.20. The first-order valence-electron chi connectivity index (χ1n) is 14.6. The predicted molar refractivity (Wildman–Crippen MR) is 154 cm³/mol. The number of benzene rings is 2. The van der Waals surface area contributed by atoms with Crippen LogP contribution in [0.2, 0.25) is 0 Å². The van der Waals surface area contributed by atoms with Crippen LogP contribution in [0.5, 0.6) is 0 Å². The predicted octanol–water partition coefficient (Wildman–Crippen LogP) is 4.96. The van der Waals surface area contributed by atoms with Gasteiger partial charge in [-0.05, 0) is 109 Å². The second-order valence-electron chi connectivity index (χ2n) is 11.4. The number of nitrogens with zero attached hydrogens (tertiary/aromatic N) is 7. The Bertz CT molecular complexity index is 1420. The van der Waals surface area contributed by atoms with Gasteiger partial charge in [-0.1, -0.05) is 17.2 Å². The van der Waals surface area contributed by atoms with Crippen molar-refractivity contribution in [2.45, 2.75) is 71.6 Å². The Balaban J connectivity index is 1.46. The first-order chi connectivity index (χ1) is 19.9. The van der Waals surface area contributed by atoms with E-state index in [-0.39, 0.29) is 5.92 Å². The van der Waals surface area contributed by atoms with Gasteiger partial charge in [0.2, 0.25) is 0 Å². The monoisotopic (exact) mass is 559 g/mol. The fourth-order valence-corrected chi connectivity index (χ4v) is 6.40. The number of rotatable bonds is 11. The number of fused-ring (bicyclic) bond motifs is 1. The third kappa shape index (κ3) is 6.67. The molecule has 0 spiro atoms. The van der Waals surface area contributed by atoms with E-state index >= 15 is 0 Å². The van der Waals surface area contributed by atoms with Gasteiger partial charge in [0.1, 0.15) is 6.67 Å². The normalized spacial score (nSPS) is 18.1. The van der Waals surface area contributed by atoms with Gasteiger partial charge in [-0.15, -0.1) is 5.10 Å².